The Morgan fingerprint density at radius 2 is 2.08 bits per heavy atom. The Kier molecular flexibility index (Phi) is 9.07. The number of hydrogen-bond donors (Lipinski definition) is 1. The molecule has 1 aromatic heterocycles. The van der Waals surface area contributed by atoms with Crippen molar-refractivity contribution in [1.29, 1.82) is 0 Å². The van der Waals surface area contributed by atoms with E-state index in [1.54, 1.807) is 11.3 Å². The Hall–Kier alpha value is -1.61. The molecular formula is C17H25F3N2O3S. The highest BCUT2D eigenvalue weighted by Gasteiger charge is 2.38. The largest absolute Gasteiger partial charge is 0.490 e. The van der Waals surface area contributed by atoms with Gasteiger partial charge in [-0.1, -0.05) is 13.0 Å². The van der Waals surface area contributed by atoms with Crippen LogP contribution in [0.2, 0.25) is 0 Å². The zero-order valence-electron chi connectivity index (χ0n) is 15.0. The molecule has 1 unspecified atom stereocenters. The van der Waals surface area contributed by atoms with Crippen LogP contribution in [0.5, 0.6) is 0 Å². The second-order valence-electron chi connectivity index (χ2n) is 6.43. The quantitative estimate of drug-likeness (QED) is 0.831. The van der Waals surface area contributed by atoms with Gasteiger partial charge in [0.05, 0.1) is 6.54 Å². The van der Waals surface area contributed by atoms with Crippen LogP contribution in [-0.2, 0) is 16.1 Å². The van der Waals surface area contributed by atoms with Crippen LogP contribution < -0.4 is 0 Å². The topological polar surface area (TPSA) is 60.9 Å². The number of likely N-dealkylation sites (tertiary alicyclic amines) is 1. The summed E-state index contributed by atoms with van der Waals surface area (Å²) in [5, 5.41) is 9.18. The van der Waals surface area contributed by atoms with Crippen molar-refractivity contribution in [3.8, 4) is 0 Å². The number of nitrogens with zero attached hydrogens (tertiary/aromatic N) is 2. The molecule has 1 aliphatic rings. The predicted octanol–water partition coefficient (Wildman–Crippen LogP) is 3.46. The van der Waals surface area contributed by atoms with Gasteiger partial charge in [0.1, 0.15) is 0 Å². The van der Waals surface area contributed by atoms with Crippen molar-refractivity contribution >= 4 is 23.2 Å². The molecule has 9 heteroatoms. The average Bonchev–Trinajstić information content (AvgIpc) is 3.05. The Balaban J connectivity index is 0.000000412. The van der Waals surface area contributed by atoms with Crippen molar-refractivity contribution in [1.82, 2.24) is 9.80 Å². The number of alkyl halides is 3. The summed E-state index contributed by atoms with van der Waals surface area (Å²) < 4.78 is 31.7. The Bertz CT molecular complexity index is 564. The number of carbonyl (C=O) groups excluding carboxylic acids is 1. The van der Waals surface area contributed by atoms with Gasteiger partial charge in [-0.05, 0) is 36.8 Å². The Morgan fingerprint density at radius 3 is 2.58 bits per heavy atom. The monoisotopic (exact) mass is 394 g/mol. The predicted molar refractivity (Wildman–Crippen MR) is 93.9 cm³/mol. The third kappa shape index (κ3) is 8.66. The molecule has 1 atom stereocenters. The zero-order chi connectivity index (χ0) is 19.7. The molecule has 26 heavy (non-hydrogen) atoms. The molecule has 1 amide bonds. The molecule has 1 aromatic rings. The minimum atomic E-state index is -5.08. The summed E-state index contributed by atoms with van der Waals surface area (Å²) >= 11 is 1.71. The van der Waals surface area contributed by atoms with E-state index in [0.29, 0.717) is 6.42 Å². The normalized spacial score (nSPS) is 18.0. The summed E-state index contributed by atoms with van der Waals surface area (Å²) in [7, 11) is 1.90. The summed E-state index contributed by atoms with van der Waals surface area (Å²) in [5.74, 6) is -1.72. The van der Waals surface area contributed by atoms with Crippen molar-refractivity contribution in [3.05, 3.63) is 22.4 Å². The first-order valence-corrected chi connectivity index (χ1v) is 9.26. The fourth-order valence-corrected chi connectivity index (χ4v) is 3.42. The highest BCUT2D eigenvalue weighted by molar-refractivity contribution is 7.09. The van der Waals surface area contributed by atoms with E-state index in [4.69, 9.17) is 9.90 Å². The number of piperidine rings is 1. The molecule has 1 saturated heterocycles. The van der Waals surface area contributed by atoms with Gasteiger partial charge < -0.3 is 14.9 Å². The number of hydrogen-bond acceptors (Lipinski definition) is 4. The third-order valence-electron chi connectivity index (χ3n) is 4.02. The van der Waals surface area contributed by atoms with Gasteiger partial charge in [-0.2, -0.15) is 13.2 Å². The summed E-state index contributed by atoms with van der Waals surface area (Å²) in [4.78, 5) is 26.5. The summed E-state index contributed by atoms with van der Waals surface area (Å²) in [6.45, 7) is 6.27. The lowest BCUT2D eigenvalue weighted by atomic mass is 10.0. The molecule has 1 fully saturated rings. The second-order valence-corrected chi connectivity index (χ2v) is 7.46. The number of carbonyl (C=O) groups is 2. The van der Waals surface area contributed by atoms with Crippen molar-refractivity contribution < 1.29 is 27.9 Å². The lowest BCUT2D eigenvalue weighted by Gasteiger charge is -2.31. The zero-order valence-corrected chi connectivity index (χ0v) is 15.8. The Morgan fingerprint density at radius 1 is 1.42 bits per heavy atom. The van der Waals surface area contributed by atoms with Crippen LogP contribution in [0.1, 0.15) is 31.1 Å². The highest BCUT2D eigenvalue weighted by Crippen LogP contribution is 2.16. The van der Waals surface area contributed by atoms with E-state index in [2.05, 4.69) is 23.3 Å². The molecule has 0 spiro atoms. The van der Waals surface area contributed by atoms with E-state index in [1.165, 1.54) is 17.7 Å². The molecule has 1 N–H and O–H groups in total. The van der Waals surface area contributed by atoms with Crippen LogP contribution >= 0.6 is 11.3 Å². The van der Waals surface area contributed by atoms with Crippen LogP contribution in [0.15, 0.2) is 17.5 Å². The van der Waals surface area contributed by atoms with Gasteiger partial charge in [-0.15, -0.1) is 11.3 Å². The third-order valence-corrected chi connectivity index (χ3v) is 4.89. The van der Waals surface area contributed by atoms with Crippen LogP contribution in [0, 0.1) is 5.92 Å². The standard InChI is InChI=1S/C15H24N2OS.C2HF3O2/c1-13-5-3-8-17(11-13)9-7-15(18)16(2)12-14-6-4-10-19-14;3-2(4,5)1(6)7/h4,6,10,13H,3,5,7-9,11-12H2,1-2H3;(H,6,7). The smallest absolute Gasteiger partial charge is 0.475 e. The molecule has 1 aliphatic heterocycles. The number of carboxylic acids is 1. The average molecular weight is 394 g/mol. The minimum Gasteiger partial charge on any atom is -0.475 e. The summed E-state index contributed by atoms with van der Waals surface area (Å²) in [5.41, 5.74) is 0. The van der Waals surface area contributed by atoms with Crippen LogP contribution in [0.4, 0.5) is 13.2 Å². The lowest BCUT2D eigenvalue weighted by Crippen LogP contribution is -2.37. The molecule has 0 bridgehead atoms. The van der Waals surface area contributed by atoms with Gasteiger partial charge in [0.15, 0.2) is 0 Å². The molecule has 0 saturated carbocycles. The van der Waals surface area contributed by atoms with E-state index in [-0.39, 0.29) is 5.91 Å². The lowest BCUT2D eigenvalue weighted by molar-refractivity contribution is -0.192. The maximum Gasteiger partial charge on any atom is 0.490 e. The van der Waals surface area contributed by atoms with E-state index in [0.717, 1.165) is 32.1 Å². The highest BCUT2D eigenvalue weighted by atomic mass is 32.1. The maximum absolute atomic E-state index is 12.1. The number of amides is 1. The van der Waals surface area contributed by atoms with E-state index < -0.39 is 12.1 Å². The molecule has 148 valence electrons. The fraction of sp³-hybridized carbons (Fsp3) is 0.647. The van der Waals surface area contributed by atoms with Gasteiger partial charge in [0.25, 0.3) is 0 Å². The van der Waals surface area contributed by atoms with E-state index >= 15 is 0 Å². The fourth-order valence-electron chi connectivity index (χ4n) is 2.66. The van der Waals surface area contributed by atoms with Crippen molar-refractivity contribution in [2.75, 3.05) is 26.7 Å². The van der Waals surface area contributed by atoms with Crippen molar-refractivity contribution in [2.45, 2.75) is 38.9 Å². The molecular weight excluding hydrogens is 369 g/mol. The van der Waals surface area contributed by atoms with Gasteiger partial charge in [0.2, 0.25) is 5.91 Å². The van der Waals surface area contributed by atoms with Gasteiger partial charge in [-0.25, -0.2) is 4.79 Å². The van der Waals surface area contributed by atoms with Crippen LogP contribution in [0.25, 0.3) is 0 Å². The van der Waals surface area contributed by atoms with Gasteiger partial charge >= 0.3 is 12.1 Å². The van der Waals surface area contributed by atoms with Gasteiger partial charge in [0, 0.05) is 31.4 Å². The van der Waals surface area contributed by atoms with Crippen LogP contribution in [0.3, 0.4) is 0 Å². The van der Waals surface area contributed by atoms with Crippen molar-refractivity contribution in [3.63, 3.8) is 0 Å². The molecule has 2 rings (SSSR count). The number of aliphatic carboxylic acids is 1. The first kappa shape index (κ1) is 22.4. The molecule has 0 aromatic carbocycles. The second kappa shape index (κ2) is 10.5. The summed E-state index contributed by atoms with van der Waals surface area (Å²) in [6, 6.07) is 4.12. The first-order chi connectivity index (χ1) is 12.1. The molecule has 0 radical (unpaired) electrons. The SMILES string of the molecule is CC1CCCN(CCC(=O)N(C)Cc2cccs2)C1.O=C(O)C(F)(F)F. The number of carboxylic acid groups (broad SMARTS) is 1. The van der Waals surface area contributed by atoms with Crippen LogP contribution in [-0.4, -0.2) is 59.6 Å². The van der Waals surface area contributed by atoms with Gasteiger partial charge in [-0.3, -0.25) is 4.79 Å². The minimum absolute atomic E-state index is 0.256. The van der Waals surface area contributed by atoms with Crippen molar-refractivity contribution in [2.24, 2.45) is 5.92 Å². The van der Waals surface area contributed by atoms with E-state index in [1.807, 2.05) is 18.0 Å². The number of thiophene rings is 1. The van der Waals surface area contributed by atoms with E-state index in [9.17, 15) is 18.0 Å². The number of halogens is 3. The number of rotatable bonds is 5. The molecule has 0 aliphatic carbocycles. The first-order valence-electron chi connectivity index (χ1n) is 8.38. The molecule has 5 nitrogen and oxygen atoms in total. The molecule has 2 heterocycles. The Labute approximate surface area is 155 Å². The maximum atomic E-state index is 12.1. The summed E-state index contributed by atoms with van der Waals surface area (Å²) in [6.07, 6.45) is -1.82.